The minimum absolute atomic E-state index is 0.189. The van der Waals surface area contributed by atoms with E-state index < -0.39 is 0 Å². The maximum atomic E-state index is 12.8. The van der Waals surface area contributed by atoms with Crippen molar-refractivity contribution in [3.63, 3.8) is 0 Å². The molecule has 0 spiro atoms. The van der Waals surface area contributed by atoms with E-state index in [0.29, 0.717) is 38.8 Å². The summed E-state index contributed by atoms with van der Waals surface area (Å²) >= 11 is 12.0. The van der Waals surface area contributed by atoms with Gasteiger partial charge >= 0.3 is 5.69 Å². The molecule has 1 N–H and O–H groups in total. The Kier molecular flexibility index (Phi) is 4.91. The second-order valence-electron chi connectivity index (χ2n) is 7.38. The molecule has 162 valence electrons. The molecule has 1 aromatic carbocycles. The van der Waals surface area contributed by atoms with Gasteiger partial charge in [0.15, 0.2) is 0 Å². The van der Waals surface area contributed by atoms with Gasteiger partial charge in [-0.05, 0) is 38.1 Å². The molecule has 0 radical (unpaired) electrons. The smallest absolute Gasteiger partial charge is 0.326 e. The van der Waals surface area contributed by atoms with Gasteiger partial charge in [0.1, 0.15) is 16.7 Å². The number of rotatable bonds is 4. The summed E-state index contributed by atoms with van der Waals surface area (Å²) in [5, 5.41) is 5.35. The van der Waals surface area contributed by atoms with Crippen LogP contribution >= 0.6 is 23.2 Å². The highest BCUT2D eigenvalue weighted by Crippen LogP contribution is 2.38. The molecule has 5 aromatic rings. The molecule has 0 unspecified atom stereocenters. The highest BCUT2D eigenvalue weighted by atomic mass is 35.5. The molecule has 0 aliphatic rings. The van der Waals surface area contributed by atoms with Gasteiger partial charge in [0, 0.05) is 10.9 Å². The van der Waals surface area contributed by atoms with E-state index in [1.54, 1.807) is 30.0 Å². The zero-order chi connectivity index (χ0) is 22.6. The van der Waals surface area contributed by atoms with Crippen LogP contribution in [0, 0.1) is 13.8 Å². The summed E-state index contributed by atoms with van der Waals surface area (Å²) in [5.41, 5.74) is 4.75. The third-order valence-electron chi connectivity index (χ3n) is 5.40. The first-order chi connectivity index (χ1) is 15.4. The molecule has 0 aliphatic heterocycles. The zero-order valence-corrected chi connectivity index (χ0v) is 18.9. The number of hydrogen-bond acceptors (Lipinski definition) is 6. The SMILES string of the molecule is COc1cc2c(cc1-c1c(C)noc1C)ncc1[nH]c(=O)n(Cc3ccc(Cl)c(Cl)n3)c12. The molecule has 8 nitrogen and oxygen atoms in total. The van der Waals surface area contributed by atoms with E-state index in [1.165, 1.54) is 0 Å². The molecule has 10 heteroatoms. The second kappa shape index (κ2) is 7.65. The van der Waals surface area contributed by atoms with Crippen LogP contribution in [-0.4, -0.2) is 31.8 Å². The normalized spacial score (nSPS) is 11.5. The Morgan fingerprint density at radius 2 is 2.03 bits per heavy atom. The van der Waals surface area contributed by atoms with Gasteiger partial charge in [-0.1, -0.05) is 28.4 Å². The van der Waals surface area contributed by atoms with E-state index in [4.69, 9.17) is 32.5 Å². The van der Waals surface area contributed by atoms with Crippen molar-refractivity contribution in [2.45, 2.75) is 20.4 Å². The number of benzene rings is 1. The lowest BCUT2D eigenvalue weighted by molar-refractivity contribution is 0.393. The van der Waals surface area contributed by atoms with Gasteiger partial charge in [-0.15, -0.1) is 0 Å². The third-order valence-corrected chi connectivity index (χ3v) is 6.09. The highest BCUT2D eigenvalue weighted by molar-refractivity contribution is 6.41. The van der Waals surface area contributed by atoms with Crippen molar-refractivity contribution >= 4 is 45.1 Å². The molecular weight excluding hydrogens is 453 g/mol. The minimum atomic E-state index is -0.282. The molecule has 0 saturated heterocycles. The Labute approximate surface area is 191 Å². The number of fused-ring (bicyclic) bond motifs is 3. The number of pyridine rings is 2. The number of imidazole rings is 1. The van der Waals surface area contributed by atoms with E-state index in [9.17, 15) is 4.79 Å². The van der Waals surface area contributed by atoms with Gasteiger partial charge in [-0.3, -0.25) is 9.55 Å². The van der Waals surface area contributed by atoms with Crippen LogP contribution < -0.4 is 10.4 Å². The van der Waals surface area contributed by atoms with Crippen molar-refractivity contribution in [3.8, 4) is 16.9 Å². The minimum Gasteiger partial charge on any atom is -0.496 e. The summed E-state index contributed by atoms with van der Waals surface area (Å²) in [7, 11) is 1.60. The number of methoxy groups -OCH3 is 1. The van der Waals surface area contributed by atoms with Crippen LogP contribution in [0.5, 0.6) is 5.75 Å². The van der Waals surface area contributed by atoms with Crippen LogP contribution in [0.1, 0.15) is 17.1 Å². The van der Waals surface area contributed by atoms with Gasteiger partial charge < -0.3 is 14.2 Å². The molecule has 0 atom stereocenters. The highest BCUT2D eigenvalue weighted by Gasteiger charge is 2.20. The fourth-order valence-electron chi connectivity index (χ4n) is 3.96. The second-order valence-corrected chi connectivity index (χ2v) is 8.15. The Morgan fingerprint density at radius 3 is 2.72 bits per heavy atom. The van der Waals surface area contributed by atoms with E-state index in [1.807, 2.05) is 26.0 Å². The van der Waals surface area contributed by atoms with Gasteiger partial charge in [-0.2, -0.15) is 0 Å². The molecule has 0 amide bonds. The van der Waals surface area contributed by atoms with E-state index in [-0.39, 0.29) is 17.4 Å². The number of aromatic amines is 1. The van der Waals surface area contributed by atoms with Crippen LogP contribution in [0.2, 0.25) is 10.2 Å². The zero-order valence-electron chi connectivity index (χ0n) is 17.4. The lowest BCUT2D eigenvalue weighted by Gasteiger charge is -2.12. The fourth-order valence-corrected chi connectivity index (χ4v) is 4.24. The summed E-state index contributed by atoms with van der Waals surface area (Å²) in [4.78, 5) is 24.5. The molecule has 32 heavy (non-hydrogen) atoms. The fraction of sp³-hybridized carbons (Fsp3) is 0.182. The summed E-state index contributed by atoms with van der Waals surface area (Å²) in [5.74, 6) is 1.31. The Hall–Kier alpha value is -3.36. The first-order valence-corrected chi connectivity index (χ1v) is 10.5. The first kappa shape index (κ1) is 20.5. The summed E-state index contributed by atoms with van der Waals surface area (Å²) < 4.78 is 12.6. The van der Waals surface area contributed by atoms with E-state index in [2.05, 4.69) is 20.1 Å². The molecule has 0 fully saturated rings. The average Bonchev–Trinajstić information content (AvgIpc) is 3.27. The van der Waals surface area contributed by atoms with Crippen molar-refractivity contribution in [3.05, 3.63) is 68.3 Å². The number of ether oxygens (including phenoxy) is 1. The predicted octanol–water partition coefficient (Wildman–Crippen LogP) is 4.91. The average molecular weight is 470 g/mol. The van der Waals surface area contributed by atoms with E-state index in [0.717, 1.165) is 22.2 Å². The largest absolute Gasteiger partial charge is 0.496 e. The molecule has 5 rings (SSSR count). The maximum absolute atomic E-state index is 12.8. The van der Waals surface area contributed by atoms with Crippen molar-refractivity contribution in [1.82, 2.24) is 24.7 Å². The Balaban J connectivity index is 1.75. The lowest BCUT2D eigenvalue weighted by Crippen LogP contribution is -2.18. The Morgan fingerprint density at radius 1 is 1.22 bits per heavy atom. The van der Waals surface area contributed by atoms with Gasteiger partial charge in [0.05, 0.1) is 58.4 Å². The number of hydrogen-bond donors (Lipinski definition) is 1. The quantitative estimate of drug-likeness (QED) is 0.375. The van der Waals surface area contributed by atoms with Crippen LogP contribution in [0.25, 0.3) is 33.1 Å². The summed E-state index contributed by atoms with van der Waals surface area (Å²) in [6, 6.07) is 7.18. The monoisotopic (exact) mass is 469 g/mol. The maximum Gasteiger partial charge on any atom is 0.326 e. The molecule has 0 saturated carbocycles. The predicted molar refractivity (Wildman–Crippen MR) is 123 cm³/mol. The number of nitrogens with one attached hydrogen (secondary N) is 1. The standard InChI is InChI=1S/C22H17Cl2N5O3/c1-10-19(11(2)32-28-10)14-6-16-13(7-18(14)31-3)20-17(8-25-16)27-22(30)29(20)9-12-4-5-15(23)21(24)26-12/h4-8H,9H2,1-3H3,(H,27,30). The first-order valence-electron chi connectivity index (χ1n) is 9.70. The number of halogens is 2. The topological polar surface area (TPSA) is 98.8 Å². The van der Waals surface area contributed by atoms with Crippen LogP contribution in [-0.2, 0) is 6.54 Å². The molecule has 4 heterocycles. The number of aryl methyl sites for hydroxylation is 2. The molecule has 0 aliphatic carbocycles. The summed E-state index contributed by atoms with van der Waals surface area (Å²) in [6.45, 7) is 3.94. The van der Waals surface area contributed by atoms with Crippen LogP contribution in [0.4, 0.5) is 0 Å². The lowest BCUT2D eigenvalue weighted by atomic mass is 10.0. The van der Waals surface area contributed by atoms with Crippen molar-refractivity contribution in [2.24, 2.45) is 0 Å². The third kappa shape index (κ3) is 3.23. The van der Waals surface area contributed by atoms with Crippen LogP contribution in [0.3, 0.4) is 0 Å². The van der Waals surface area contributed by atoms with Crippen molar-refractivity contribution in [2.75, 3.05) is 7.11 Å². The van der Waals surface area contributed by atoms with Crippen molar-refractivity contribution < 1.29 is 9.26 Å². The number of aromatic nitrogens is 5. The Bertz CT molecular complexity index is 1550. The van der Waals surface area contributed by atoms with Crippen molar-refractivity contribution in [1.29, 1.82) is 0 Å². The number of H-pyrrole nitrogens is 1. The van der Waals surface area contributed by atoms with Gasteiger partial charge in [-0.25, -0.2) is 9.78 Å². The van der Waals surface area contributed by atoms with E-state index >= 15 is 0 Å². The summed E-state index contributed by atoms with van der Waals surface area (Å²) in [6.07, 6.45) is 1.64. The van der Waals surface area contributed by atoms with Gasteiger partial charge in [0.2, 0.25) is 0 Å². The molecule has 0 bridgehead atoms. The number of nitrogens with zero attached hydrogens (tertiary/aromatic N) is 4. The van der Waals surface area contributed by atoms with Crippen LogP contribution in [0.15, 0.2) is 39.8 Å². The molecular formula is C22H17Cl2N5O3. The molecule has 4 aromatic heterocycles. The van der Waals surface area contributed by atoms with Gasteiger partial charge in [0.25, 0.3) is 0 Å².